The molecule has 0 fully saturated rings. The van der Waals surface area contributed by atoms with Crippen LogP contribution in [-0.2, 0) is 9.59 Å². The molecule has 1 rings (SSSR count). The number of carboxylic acids is 1. The van der Waals surface area contributed by atoms with Crippen LogP contribution in [-0.4, -0.2) is 16.9 Å². The average molecular weight is 182 g/mol. The summed E-state index contributed by atoms with van der Waals surface area (Å²) >= 11 is 0. The molecule has 0 aromatic carbocycles. The number of rotatable bonds is 3. The van der Waals surface area contributed by atoms with E-state index >= 15 is 0 Å². The lowest BCUT2D eigenvalue weighted by molar-refractivity contribution is -0.137. The fraction of sp³-hybridized carbons (Fsp3) is 0.600. The molecule has 3 nitrogen and oxygen atoms in total. The maximum Gasteiger partial charge on any atom is 0.303 e. The highest BCUT2D eigenvalue weighted by molar-refractivity contribution is 5.91. The van der Waals surface area contributed by atoms with Crippen molar-refractivity contribution in [3.63, 3.8) is 0 Å². The minimum absolute atomic E-state index is 0.00162. The highest BCUT2D eigenvalue weighted by Gasteiger charge is 2.17. The van der Waals surface area contributed by atoms with Gasteiger partial charge >= 0.3 is 5.97 Å². The second-order valence-electron chi connectivity index (χ2n) is 3.54. The van der Waals surface area contributed by atoms with Crippen LogP contribution in [0, 0.1) is 5.92 Å². The first kappa shape index (κ1) is 9.96. The van der Waals surface area contributed by atoms with Gasteiger partial charge in [-0.3, -0.25) is 9.59 Å². The first-order valence-electron chi connectivity index (χ1n) is 4.54. The van der Waals surface area contributed by atoms with Crippen LogP contribution >= 0.6 is 0 Å². The van der Waals surface area contributed by atoms with Gasteiger partial charge in [0.2, 0.25) is 0 Å². The van der Waals surface area contributed by atoms with Crippen molar-refractivity contribution in [1.82, 2.24) is 0 Å². The number of carboxylic acid groups (broad SMARTS) is 1. The highest BCUT2D eigenvalue weighted by Crippen LogP contribution is 2.24. The number of aliphatic carboxylic acids is 1. The number of hydrogen-bond acceptors (Lipinski definition) is 2. The fourth-order valence-electron chi connectivity index (χ4n) is 1.60. The molecule has 1 aliphatic carbocycles. The smallest absolute Gasteiger partial charge is 0.303 e. The van der Waals surface area contributed by atoms with Crippen LogP contribution in [0.1, 0.15) is 32.6 Å². The van der Waals surface area contributed by atoms with E-state index in [1.54, 1.807) is 6.08 Å². The van der Waals surface area contributed by atoms with Crippen molar-refractivity contribution in [3.8, 4) is 0 Å². The van der Waals surface area contributed by atoms with Gasteiger partial charge in [0.05, 0.1) is 6.42 Å². The first-order chi connectivity index (χ1) is 6.09. The Kier molecular flexibility index (Phi) is 3.23. The van der Waals surface area contributed by atoms with Crippen LogP contribution in [0.2, 0.25) is 0 Å². The molecule has 0 saturated heterocycles. The molecule has 1 unspecified atom stereocenters. The molecule has 0 aromatic rings. The van der Waals surface area contributed by atoms with E-state index in [0.29, 0.717) is 6.42 Å². The van der Waals surface area contributed by atoms with Crippen LogP contribution in [0.15, 0.2) is 11.6 Å². The molecule has 1 aliphatic rings. The third-order valence-electron chi connectivity index (χ3n) is 2.35. The normalized spacial score (nSPS) is 19.5. The predicted octanol–water partition coefficient (Wildman–Crippen LogP) is 1.78. The molecule has 72 valence electrons. The number of allylic oxidation sites excluding steroid dienone is 2. The molecule has 0 bridgehead atoms. The van der Waals surface area contributed by atoms with Gasteiger partial charge in [0, 0.05) is 6.42 Å². The molecule has 0 aromatic heterocycles. The van der Waals surface area contributed by atoms with Crippen molar-refractivity contribution in [3.05, 3.63) is 11.6 Å². The quantitative estimate of drug-likeness (QED) is 0.723. The summed E-state index contributed by atoms with van der Waals surface area (Å²) < 4.78 is 0. The molecule has 0 heterocycles. The van der Waals surface area contributed by atoms with Gasteiger partial charge in [-0.25, -0.2) is 0 Å². The van der Waals surface area contributed by atoms with Crippen molar-refractivity contribution in [2.45, 2.75) is 32.6 Å². The highest BCUT2D eigenvalue weighted by atomic mass is 16.4. The number of ketones is 1. The minimum atomic E-state index is -0.800. The largest absolute Gasteiger partial charge is 0.481 e. The van der Waals surface area contributed by atoms with Crippen LogP contribution < -0.4 is 0 Å². The summed E-state index contributed by atoms with van der Waals surface area (Å²) in [5.74, 6) is -0.660. The zero-order valence-electron chi connectivity index (χ0n) is 7.75. The van der Waals surface area contributed by atoms with Crippen LogP contribution in [0.25, 0.3) is 0 Å². The average Bonchev–Trinajstić information content (AvgIpc) is 2.03. The van der Waals surface area contributed by atoms with Gasteiger partial charge in [-0.2, -0.15) is 0 Å². The summed E-state index contributed by atoms with van der Waals surface area (Å²) in [7, 11) is 0. The monoisotopic (exact) mass is 182 g/mol. The summed E-state index contributed by atoms with van der Waals surface area (Å²) in [6.45, 7) is 1.86. The lowest BCUT2D eigenvalue weighted by Crippen LogP contribution is -2.12. The fourth-order valence-corrected chi connectivity index (χ4v) is 1.60. The summed E-state index contributed by atoms with van der Waals surface area (Å²) in [6.07, 6.45) is 4.11. The van der Waals surface area contributed by atoms with E-state index in [2.05, 4.69) is 0 Å². The van der Waals surface area contributed by atoms with Crippen molar-refractivity contribution in [2.24, 2.45) is 5.92 Å². The predicted molar refractivity (Wildman–Crippen MR) is 48.4 cm³/mol. The van der Waals surface area contributed by atoms with E-state index in [0.717, 1.165) is 18.4 Å². The third kappa shape index (κ3) is 3.01. The molecule has 13 heavy (non-hydrogen) atoms. The Hall–Kier alpha value is -1.12. The third-order valence-corrected chi connectivity index (χ3v) is 2.35. The van der Waals surface area contributed by atoms with E-state index in [9.17, 15) is 9.59 Å². The lowest BCUT2D eigenvalue weighted by Gasteiger charge is -2.17. The maximum absolute atomic E-state index is 11.0. The van der Waals surface area contributed by atoms with Gasteiger partial charge in [-0.1, -0.05) is 12.5 Å². The Morgan fingerprint density at radius 2 is 2.31 bits per heavy atom. The summed E-state index contributed by atoms with van der Waals surface area (Å²) in [4.78, 5) is 21.5. The van der Waals surface area contributed by atoms with E-state index in [-0.39, 0.29) is 18.1 Å². The molecule has 0 spiro atoms. The SMILES string of the molecule is CC(CC(=O)O)C1=CC(=O)CCC1. The second kappa shape index (κ2) is 4.21. The number of hydrogen-bond donors (Lipinski definition) is 1. The molecule has 1 N–H and O–H groups in total. The van der Waals surface area contributed by atoms with E-state index < -0.39 is 5.97 Å². The van der Waals surface area contributed by atoms with Gasteiger partial charge in [-0.05, 0) is 24.8 Å². The molecular weight excluding hydrogens is 168 g/mol. The standard InChI is InChI=1S/C10H14O3/c1-7(5-10(12)13)8-3-2-4-9(11)6-8/h6-7H,2-5H2,1H3,(H,12,13). The summed E-state index contributed by atoms with van der Waals surface area (Å²) in [5, 5.41) is 8.57. The second-order valence-corrected chi connectivity index (χ2v) is 3.54. The molecule has 3 heteroatoms. The van der Waals surface area contributed by atoms with E-state index in [4.69, 9.17) is 5.11 Å². The summed E-state index contributed by atoms with van der Waals surface area (Å²) in [6, 6.07) is 0. The van der Waals surface area contributed by atoms with Crippen molar-refractivity contribution in [2.75, 3.05) is 0 Å². The van der Waals surface area contributed by atoms with Crippen molar-refractivity contribution in [1.29, 1.82) is 0 Å². The van der Waals surface area contributed by atoms with Crippen LogP contribution in [0.3, 0.4) is 0 Å². The van der Waals surface area contributed by atoms with Gasteiger partial charge in [0.15, 0.2) is 5.78 Å². The Balaban J connectivity index is 2.59. The maximum atomic E-state index is 11.0. The molecule has 0 aliphatic heterocycles. The molecule has 0 amide bonds. The first-order valence-corrected chi connectivity index (χ1v) is 4.54. The molecular formula is C10H14O3. The Morgan fingerprint density at radius 3 is 2.85 bits per heavy atom. The van der Waals surface area contributed by atoms with Crippen molar-refractivity contribution >= 4 is 11.8 Å². The minimum Gasteiger partial charge on any atom is -0.481 e. The Bertz CT molecular complexity index is 253. The summed E-state index contributed by atoms with van der Waals surface area (Å²) in [5.41, 5.74) is 0.999. The van der Waals surface area contributed by atoms with Gasteiger partial charge in [0.25, 0.3) is 0 Å². The molecule has 1 atom stereocenters. The van der Waals surface area contributed by atoms with Crippen LogP contribution in [0.4, 0.5) is 0 Å². The topological polar surface area (TPSA) is 54.4 Å². The van der Waals surface area contributed by atoms with Gasteiger partial charge in [0.1, 0.15) is 0 Å². The van der Waals surface area contributed by atoms with E-state index in [1.807, 2.05) is 6.92 Å². The van der Waals surface area contributed by atoms with Gasteiger partial charge < -0.3 is 5.11 Å². The Morgan fingerprint density at radius 1 is 1.62 bits per heavy atom. The zero-order chi connectivity index (χ0) is 9.84. The molecule has 0 radical (unpaired) electrons. The van der Waals surface area contributed by atoms with Gasteiger partial charge in [-0.15, -0.1) is 0 Å². The van der Waals surface area contributed by atoms with Crippen LogP contribution in [0.5, 0.6) is 0 Å². The number of carbonyl (C=O) groups excluding carboxylic acids is 1. The van der Waals surface area contributed by atoms with E-state index in [1.165, 1.54) is 0 Å². The molecule has 0 saturated carbocycles. The lowest BCUT2D eigenvalue weighted by atomic mass is 9.88. The number of carbonyl (C=O) groups is 2. The van der Waals surface area contributed by atoms with Crippen molar-refractivity contribution < 1.29 is 14.7 Å². The Labute approximate surface area is 77.4 Å². The zero-order valence-corrected chi connectivity index (χ0v) is 7.75.